The summed E-state index contributed by atoms with van der Waals surface area (Å²) in [6, 6.07) is 6.94. The molecule has 0 saturated carbocycles. The van der Waals surface area contributed by atoms with Gasteiger partial charge in [0, 0.05) is 17.9 Å². The lowest BCUT2D eigenvalue weighted by Crippen LogP contribution is -2.38. The first kappa shape index (κ1) is 10.6. The third-order valence-corrected chi connectivity index (χ3v) is 3.54. The number of hydrogen-bond acceptors (Lipinski definition) is 2. The number of likely N-dealkylation sites (tertiary alicyclic amines) is 1. The van der Waals surface area contributed by atoms with E-state index >= 15 is 0 Å². The smallest absolute Gasteiger partial charge is 0.0406 e. The second-order valence-electron chi connectivity index (χ2n) is 4.75. The number of aromatic nitrogens is 1. The molecule has 2 rings (SSSR count). The summed E-state index contributed by atoms with van der Waals surface area (Å²) in [7, 11) is 2.22. The van der Waals surface area contributed by atoms with Crippen LogP contribution >= 0.6 is 0 Å². The van der Waals surface area contributed by atoms with Crippen LogP contribution in [0.3, 0.4) is 0 Å². The van der Waals surface area contributed by atoms with Crippen LogP contribution in [0, 0.1) is 5.92 Å². The van der Waals surface area contributed by atoms with Crippen molar-refractivity contribution >= 4 is 0 Å². The maximum atomic E-state index is 4.40. The Morgan fingerprint density at radius 1 is 1.47 bits per heavy atom. The highest BCUT2D eigenvalue weighted by Gasteiger charge is 2.22. The molecule has 15 heavy (non-hydrogen) atoms. The Labute approximate surface area is 92.3 Å². The lowest BCUT2D eigenvalue weighted by Gasteiger charge is -2.34. The first-order valence-electron chi connectivity index (χ1n) is 5.86. The van der Waals surface area contributed by atoms with Crippen LogP contribution in [0.2, 0.25) is 0 Å². The third-order valence-electron chi connectivity index (χ3n) is 3.54. The second-order valence-corrected chi connectivity index (χ2v) is 4.75. The summed E-state index contributed by atoms with van der Waals surface area (Å²) in [5, 5.41) is 0. The van der Waals surface area contributed by atoms with Crippen LogP contribution in [-0.4, -0.2) is 29.5 Å². The lowest BCUT2D eigenvalue weighted by atomic mass is 9.88. The first-order chi connectivity index (χ1) is 7.25. The van der Waals surface area contributed by atoms with Crippen LogP contribution in [0.5, 0.6) is 0 Å². The van der Waals surface area contributed by atoms with E-state index < -0.39 is 0 Å². The molecule has 0 spiro atoms. The molecule has 0 aromatic carbocycles. The van der Waals surface area contributed by atoms with Crippen molar-refractivity contribution in [3.8, 4) is 0 Å². The summed E-state index contributed by atoms with van der Waals surface area (Å²) < 4.78 is 0. The Morgan fingerprint density at radius 3 is 3.00 bits per heavy atom. The van der Waals surface area contributed by atoms with Gasteiger partial charge in [-0.15, -0.1) is 0 Å². The molecule has 1 aromatic rings. The molecule has 2 heteroatoms. The number of piperidine rings is 1. The largest absolute Gasteiger partial charge is 0.304 e. The van der Waals surface area contributed by atoms with Gasteiger partial charge in [0.15, 0.2) is 0 Å². The van der Waals surface area contributed by atoms with Crippen molar-refractivity contribution in [2.24, 2.45) is 5.92 Å². The van der Waals surface area contributed by atoms with Gasteiger partial charge in [-0.2, -0.15) is 0 Å². The van der Waals surface area contributed by atoms with E-state index in [4.69, 9.17) is 0 Å². The maximum Gasteiger partial charge on any atom is 0.0406 e. The molecule has 2 nitrogen and oxygen atoms in total. The molecule has 2 atom stereocenters. The molecule has 0 amide bonds. The number of pyridine rings is 1. The van der Waals surface area contributed by atoms with Gasteiger partial charge in [0.2, 0.25) is 0 Å². The molecule has 0 N–H and O–H groups in total. The Kier molecular flexibility index (Phi) is 3.37. The zero-order valence-electron chi connectivity index (χ0n) is 9.69. The Hall–Kier alpha value is -0.890. The molecule has 1 aromatic heterocycles. The monoisotopic (exact) mass is 204 g/mol. The molecule has 1 fully saturated rings. The minimum atomic E-state index is 0.729. The molecule has 1 aliphatic rings. The van der Waals surface area contributed by atoms with Crippen LogP contribution in [0.25, 0.3) is 0 Å². The first-order valence-corrected chi connectivity index (χ1v) is 5.86. The van der Waals surface area contributed by atoms with E-state index in [0.717, 1.165) is 18.4 Å². The van der Waals surface area contributed by atoms with Gasteiger partial charge in [-0.05, 0) is 57.8 Å². The molecular formula is C13H20N2. The molecule has 1 aliphatic heterocycles. The molecular weight excluding hydrogens is 184 g/mol. The molecule has 0 aliphatic carbocycles. The van der Waals surface area contributed by atoms with Crippen LogP contribution < -0.4 is 0 Å². The quantitative estimate of drug-likeness (QED) is 0.735. The standard InChI is InChI=1S/C13H20N2/c1-11-9-12(6-8-15(11)2)10-13-5-3-4-7-14-13/h3-5,7,11-12H,6,8-10H2,1-2H3. The van der Waals surface area contributed by atoms with Gasteiger partial charge >= 0.3 is 0 Å². The van der Waals surface area contributed by atoms with Gasteiger partial charge in [-0.3, -0.25) is 4.98 Å². The van der Waals surface area contributed by atoms with Gasteiger partial charge in [0.1, 0.15) is 0 Å². The van der Waals surface area contributed by atoms with E-state index in [1.54, 1.807) is 0 Å². The van der Waals surface area contributed by atoms with E-state index in [2.05, 4.69) is 36.0 Å². The highest BCUT2D eigenvalue weighted by molar-refractivity contribution is 5.04. The van der Waals surface area contributed by atoms with E-state index in [0.29, 0.717) is 0 Å². The van der Waals surface area contributed by atoms with Crippen molar-refractivity contribution < 1.29 is 0 Å². The highest BCUT2D eigenvalue weighted by atomic mass is 15.1. The molecule has 1 saturated heterocycles. The molecule has 2 heterocycles. The zero-order valence-corrected chi connectivity index (χ0v) is 9.69. The number of nitrogens with zero attached hydrogens (tertiary/aromatic N) is 2. The third kappa shape index (κ3) is 2.78. The fraction of sp³-hybridized carbons (Fsp3) is 0.615. The SMILES string of the molecule is CC1CC(Cc2ccccn2)CCN1C. The minimum Gasteiger partial charge on any atom is -0.304 e. The summed E-state index contributed by atoms with van der Waals surface area (Å²) in [6.45, 7) is 3.56. The summed E-state index contributed by atoms with van der Waals surface area (Å²) in [4.78, 5) is 6.86. The summed E-state index contributed by atoms with van der Waals surface area (Å²) in [5.74, 6) is 0.825. The maximum absolute atomic E-state index is 4.40. The van der Waals surface area contributed by atoms with Gasteiger partial charge in [0.05, 0.1) is 0 Å². The van der Waals surface area contributed by atoms with Crippen LogP contribution in [-0.2, 0) is 6.42 Å². The van der Waals surface area contributed by atoms with Gasteiger partial charge < -0.3 is 4.90 Å². The number of rotatable bonds is 2. The Morgan fingerprint density at radius 2 is 2.33 bits per heavy atom. The number of hydrogen-bond donors (Lipinski definition) is 0. The van der Waals surface area contributed by atoms with Crippen LogP contribution in [0.15, 0.2) is 24.4 Å². The fourth-order valence-corrected chi connectivity index (χ4v) is 2.39. The average Bonchev–Trinajstić information content (AvgIpc) is 2.25. The summed E-state index contributed by atoms with van der Waals surface area (Å²) in [6.07, 6.45) is 5.68. The Balaban J connectivity index is 1.91. The molecule has 82 valence electrons. The fourth-order valence-electron chi connectivity index (χ4n) is 2.39. The van der Waals surface area contributed by atoms with Crippen molar-refractivity contribution in [2.75, 3.05) is 13.6 Å². The van der Waals surface area contributed by atoms with Crippen LogP contribution in [0.4, 0.5) is 0 Å². The Bertz CT molecular complexity index is 297. The van der Waals surface area contributed by atoms with E-state index in [1.165, 1.54) is 25.1 Å². The predicted octanol–water partition coefficient (Wildman–Crippen LogP) is 2.35. The van der Waals surface area contributed by atoms with E-state index in [-0.39, 0.29) is 0 Å². The van der Waals surface area contributed by atoms with Crippen molar-refractivity contribution in [3.05, 3.63) is 30.1 Å². The van der Waals surface area contributed by atoms with Gasteiger partial charge in [0.25, 0.3) is 0 Å². The lowest BCUT2D eigenvalue weighted by molar-refractivity contribution is 0.153. The van der Waals surface area contributed by atoms with Gasteiger partial charge in [-0.1, -0.05) is 6.07 Å². The normalized spacial score (nSPS) is 27.9. The zero-order chi connectivity index (χ0) is 10.7. The van der Waals surface area contributed by atoms with Gasteiger partial charge in [-0.25, -0.2) is 0 Å². The second kappa shape index (κ2) is 4.75. The average molecular weight is 204 g/mol. The van der Waals surface area contributed by atoms with Crippen molar-refractivity contribution in [1.82, 2.24) is 9.88 Å². The topological polar surface area (TPSA) is 16.1 Å². The van der Waals surface area contributed by atoms with Crippen LogP contribution in [0.1, 0.15) is 25.5 Å². The van der Waals surface area contributed by atoms with Crippen molar-refractivity contribution in [1.29, 1.82) is 0 Å². The molecule has 0 bridgehead atoms. The van der Waals surface area contributed by atoms with E-state index in [1.807, 2.05) is 12.3 Å². The highest BCUT2D eigenvalue weighted by Crippen LogP contribution is 2.24. The van der Waals surface area contributed by atoms with E-state index in [9.17, 15) is 0 Å². The minimum absolute atomic E-state index is 0.729. The predicted molar refractivity (Wildman–Crippen MR) is 62.8 cm³/mol. The molecule has 2 unspecified atom stereocenters. The summed E-state index contributed by atoms with van der Waals surface area (Å²) in [5.41, 5.74) is 1.25. The summed E-state index contributed by atoms with van der Waals surface area (Å²) >= 11 is 0. The van der Waals surface area contributed by atoms with Crippen molar-refractivity contribution in [3.63, 3.8) is 0 Å². The van der Waals surface area contributed by atoms with Crippen molar-refractivity contribution in [2.45, 2.75) is 32.2 Å². The molecule has 0 radical (unpaired) electrons.